The summed E-state index contributed by atoms with van der Waals surface area (Å²) in [6.45, 7) is 0. The van der Waals surface area contributed by atoms with E-state index < -0.39 is 0 Å². The Labute approximate surface area is 109 Å². The third kappa shape index (κ3) is 1.98. The molecule has 0 aliphatic heterocycles. The van der Waals surface area contributed by atoms with Crippen LogP contribution in [0.25, 0.3) is 16.8 Å². The Balaban J connectivity index is 2.09. The molecule has 0 aliphatic carbocycles. The molecule has 0 saturated heterocycles. The lowest BCUT2D eigenvalue weighted by molar-refractivity contribution is 0.415. The zero-order valence-corrected chi connectivity index (χ0v) is 10.4. The fraction of sp³-hybridized carbons (Fsp3) is 0.0769. The predicted molar refractivity (Wildman–Crippen MR) is 72.8 cm³/mol. The average molecular weight is 255 g/mol. The van der Waals surface area contributed by atoms with E-state index in [0.717, 1.165) is 22.5 Å². The summed E-state index contributed by atoms with van der Waals surface area (Å²) < 4.78 is 6.88. The Morgan fingerprint density at radius 2 is 2.05 bits per heavy atom. The van der Waals surface area contributed by atoms with E-state index in [1.54, 1.807) is 24.0 Å². The van der Waals surface area contributed by atoms with Crippen molar-refractivity contribution < 1.29 is 4.74 Å². The summed E-state index contributed by atoms with van der Waals surface area (Å²) >= 11 is 0. The Bertz CT molecular complexity index is 705. The molecule has 0 saturated carbocycles. The maximum atomic E-state index is 5.43. The van der Waals surface area contributed by atoms with Gasteiger partial charge >= 0.3 is 0 Å². The van der Waals surface area contributed by atoms with Crippen LogP contribution in [-0.4, -0.2) is 21.7 Å². The quantitative estimate of drug-likeness (QED) is 0.550. The maximum Gasteiger partial charge on any atom is 0.166 e. The molecule has 3 N–H and O–H groups in total. The highest BCUT2D eigenvalue weighted by atomic mass is 16.5. The number of rotatable bonds is 3. The summed E-state index contributed by atoms with van der Waals surface area (Å²) in [5, 5.41) is 4.49. The highest BCUT2D eigenvalue weighted by Gasteiger charge is 2.08. The van der Waals surface area contributed by atoms with Crippen molar-refractivity contribution in [2.45, 2.75) is 0 Å². The van der Waals surface area contributed by atoms with Crippen molar-refractivity contribution in [2.75, 3.05) is 12.5 Å². The van der Waals surface area contributed by atoms with Crippen LogP contribution < -0.4 is 16.0 Å². The van der Waals surface area contributed by atoms with E-state index in [1.807, 2.05) is 30.3 Å². The summed E-state index contributed by atoms with van der Waals surface area (Å²) in [5.41, 5.74) is 5.25. The van der Waals surface area contributed by atoms with Gasteiger partial charge in [-0.3, -0.25) is 0 Å². The molecule has 2 aromatic heterocycles. The van der Waals surface area contributed by atoms with Gasteiger partial charge < -0.3 is 10.2 Å². The van der Waals surface area contributed by atoms with Gasteiger partial charge in [-0.25, -0.2) is 15.3 Å². The number of nitrogen functional groups attached to an aromatic ring is 1. The smallest absolute Gasteiger partial charge is 0.166 e. The van der Waals surface area contributed by atoms with Crippen molar-refractivity contribution >= 4 is 11.3 Å². The van der Waals surface area contributed by atoms with Crippen molar-refractivity contribution in [3.63, 3.8) is 0 Å². The van der Waals surface area contributed by atoms with Gasteiger partial charge in [0.1, 0.15) is 11.3 Å². The van der Waals surface area contributed by atoms with Crippen LogP contribution in [-0.2, 0) is 0 Å². The van der Waals surface area contributed by atoms with Gasteiger partial charge in [0.05, 0.1) is 12.8 Å². The van der Waals surface area contributed by atoms with E-state index >= 15 is 0 Å². The van der Waals surface area contributed by atoms with Crippen LogP contribution in [0, 0.1) is 0 Å². The second kappa shape index (κ2) is 4.58. The van der Waals surface area contributed by atoms with Crippen molar-refractivity contribution in [2.24, 2.45) is 5.84 Å². The van der Waals surface area contributed by atoms with Gasteiger partial charge in [-0.05, 0) is 30.3 Å². The second-order valence-corrected chi connectivity index (χ2v) is 4.01. The first kappa shape index (κ1) is 11.5. The number of nitrogens with zero attached hydrogens (tertiary/aromatic N) is 3. The van der Waals surface area contributed by atoms with Gasteiger partial charge in [-0.2, -0.15) is 5.10 Å². The normalized spacial score (nSPS) is 10.6. The van der Waals surface area contributed by atoms with Crippen molar-refractivity contribution in [3.8, 4) is 17.0 Å². The number of hydrazine groups is 1. The van der Waals surface area contributed by atoms with Crippen LogP contribution in [0.4, 0.5) is 5.82 Å². The lowest BCUT2D eigenvalue weighted by Gasteiger charge is -1.99. The molecule has 2 heterocycles. The largest absolute Gasteiger partial charge is 0.497 e. The number of anilines is 1. The molecule has 19 heavy (non-hydrogen) atoms. The molecule has 3 rings (SSSR count). The minimum Gasteiger partial charge on any atom is -0.497 e. The lowest BCUT2D eigenvalue weighted by atomic mass is 10.1. The standard InChI is InChI=1S/C13H13N5O/c1-19-10-4-2-9(3-5-10)11-8-12-13(16-14)15-6-7-18(12)17-11/h2-8H,14H2,1H3,(H,15,16). The molecule has 6 heteroatoms. The molecule has 0 aliphatic rings. The molecular weight excluding hydrogens is 242 g/mol. The Morgan fingerprint density at radius 3 is 2.74 bits per heavy atom. The van der Waals surface area contributed by atoms with Crippen LogP contribution in [0.5, 0.6) is 5.75 Å². The third-order valence-corrected chi connectivity index (χ3v) is 2.91. The van der Waals surface area contributed by atoms with Gasteiger partial charge in [0.25, 0.3) is 0 Å². The molecule has 0 radical (unpaired) electrons. The molecule has 3 aromatic rings. The third-order valence-electron chi connectivity index (χ3n) is 2.91. The van der Waals surface area contributed by atoms with Gasteiger partial charge in [0.15, 0.2) is 5.82 Å². The Hall–Kier alpha value is -2.60. The number of aromatic nitrogens is 3. The lowest BCUT2D eigenvalue weighted by Crippen LogP contribution is -2.09. The first-order valence-corrected chi connectivity index (χ1v) is 5.77. The molecule has 6 nitrogen and oxygen atoms in total. The molecule has 0 fully saturated rings. The SMILES string of the molecule is COc1ccc(-c2cc3c(NN)nccn3n2)cc1. The molecule has 0 amide bonds. The molecule has 0 bridgehead atoms. The maximum absolute atomic E-state index is 5.43. The number of hydrogen-bond donors (Lipinski definition) is 2. The van der Waals surface area contributed by atoms with Crippen LogP contribution in [0.1, 0.15) is 0 Å². The number of hydrogen-bond acceptors (Lipinski definition) is 5. The van der Waals surface area contributed by atoms with Gasteiger partial charge in [-0.1, -0.05) is 0 Å². The zero-order chi connectivity index (χ0) is 13.2. The predicted octanol–water partition coefficient (Wildman–Crippen LogP) is 1.69. The number of nitrogens with one attached hydrogen (secondary N) is 1. The molecule has 0 unspecified atom stereocenters. The number of benzene rings is 1. The minimum absolute atomic E-state index is 0.592. The summed E-state index contributed by atoms with van der Waals surface area (Å²) in [4.78, 5) is 4.14. The summed E-state index contributed by atoms with van der Waals surface area (Å²) in [6.07, 6.45) is 3.43. The van der Waals surface area contributed by atoms with E-state index in [4.69, 9.17) is 10.6 Å². The second-order valence-electron chi connectivity index (χ2n) is 4.01. The Morgan fingerprint density at radius 1 is 1.26 bits per heavy atom. The number of ether oxygens (including phenoxy) is 1. The fourth-order valence-corrected chi connectivity index (χ4v) is 1.94. The molecular formula is C13H13N5O. The highest BCUT2D eigenvalue weighted by molar-refractivity contribution is 5.74. The highest BCUT2D eigenvalue weighted by Crippen LogP contribution is 2.24. The van der Waals surface area contributed by atoms with Crippen LogP contribution in [0.2, 0.25) is 0 Å². The number of methoxy groups -OCH3 is 1. The molecule has 0 spiro atoms. The Kier molecular flexibility index (Phi) is 2.77. The van der Waals surface area contributed by atoms with E-state index in [-0.39, 0.29) is 0 Å². The summed E-state index contributed by atoms with van der Waals surface area (Å²) in [6, 6.07) is 9.66. The summed E-state index contributed by atoms with van der Waals surface area (Å²) in [5.74, 6) is 6.84. The average Bonchev–Trinajstić information content (AvgIpc) is 2.91. The fourth-order valence-electron chi connectivity index (χ4n) is 1.94. The van der Waals surface area contributed by atoms with E-state index in [1.165, 1.54) is 0 Å². The van der Waals surface area contributed by atoms with Crippen LogP contribution >= 0.6 is 0 Å². The topological polar surface area (TPSA) is 77.5 Å². The molecule has 1 aromatic carbocycles. The van der Waals surface area contributed by atoms with Crippen molar-refractivity contribution in [1.82, 2.24) is 14.6 Å². The van der Waals surface area contributed by atoms with Crippen molar-refractivity contribution in [3.05, 3.63) is 42.7 Å². The minimum atomic E-state index is 0.592. The number of fused-ring (bicyclic) bond motifs is 1. The van der Waals surface area contributed by atoms with Gasteiger partial charge in [-0.15, -0.1) is 0 Å². The van der Waals surface area contributed by atoms with Crippen LogP contribution in [0.3, 0.4) is 0 Å². The summed E-state index contributed by atoms with van der Waals surface area (Å²) in [7, 11) is 1.64. The van der Waals surface area contributed by atoms with E-state index in [9.17, 15) is 0 Å². The zero-order valence-electron chi connectivity index (χ0n) is 10.4. The van der Waals surface area contributed by atoms with Gasteiger partial charge in [0.2, 0.25) is 0 Å². The molecule has 0 atom stereocenters. The van der Waals surface area contributed by atoms with E-state index in [0.29, 0.717) is 5.82 Å². The first-order valence-electron chi connectivity index (χ1n) is 5.77. The van der Waals surface area contributed by atoms with Crippen molar-refractivity contribution in [1.29, 1.82) is 0 Å². The van der Waals surface area contributed by atoms with E-state index in [2.05, 4.69) is 15.5 Å². The first-order chi connectivity index (χ1) is 9.31. The van der Waals surface area contributed by atoms with Gasteiger partial charge in [0, 0.05) is 18.0 Å². The molecule has 96 valence electrons. The monoisotopic (exact) mass is 255 g/mol. The number of nitrogens with two attached hydrogens (primary N) is 1. The van der Waals surface area contributed by atoms with Crippen LogP contribution in [0.15, 0.2) is 42.7 Å².